The number of nitrogens with zero attached hydrogens (tertiary/aromatic N) is 3. The Morgan fingerprint density at radius 1 is 1.21 bits per heavy atom. The minimum absolute atomic E-state index is 0.0232. The van der Waals surface area contributed by atoms with Gasteiger partial charge in [-0.05, 0) is 38.8 Å². The predicted octanol–water partition coefficient (Wildman–Crippen LogP) is 1.72. The number of carbonyl (C=O) groups excluding carboxylic acids is 1. The first-order valence-electron chi connectivity index (χ1n) is 8.46. The van der Waals surface area contributed by atoms with Gasteiger partial charge in [-0.25, -0.2) is 0 Å². The van der Waals surface area contributed by atoms with E-state index < -0.39 is 10.0 Å². The zero-order chi connectivity index (χ0) is 17.3. The van der Waals surface area contributed by atoms with Gasteiger partial charge in [0.1, 0.15) is 4.90 Å². The highest BCUT2D eigenvalue weighted by Crippen LogP contribution is 2.30. The molecule has 0 saturated carbocycles. The summed E-state index contributed by atoms with van der Waals surface area (Å²) < 4.78 is 28.3. The first kappa shape index (κ1) is 17.0. The summed E-state index contributed by atoms with van der Waals surface area (Å²) in [6.07, 6.45) is 1.47. The lowest BCUT2D eigenvalue weighted by atomic mass is 9.94. The normalized spacial score (nSPS) is 19.8. The second kappa shape index (κ2) is 6.55. The van der Waals surface area contributed by atoms with E-state index >= 15 is 0 Å². The molecule has 1 fully saturated rings. The van der Waals surface area contributed by atoms with Gasteiger partial charge in [0.05, 0.1) is 0 Å². The van der Waals surface area contributed by atoms with Crippen molar-refractivity contribution in [1.29, 1.82) is 0 Å². The second-order valence-corrected chi connectivity index (χ2v) is 7.73. The van der Waals surface area contributed by atoms with Crippen LogP contribution in [-0.2, 0) is 14.8 Å². The molecule has 2 aliphatic rings. The Morgan fingerprint density at radius 3 is 2.46 bits per heavy atom. The molecule has 2 heterocycles. The molecule has 0 radical (unpaired) electrons. The quantitative estimate of drug-likeness (QED) is 0.833. The van der Waals surface area contributed by atoms with Gasteiger partial charge in [0.2, 0.25) is 5.91 Å². The summed E-state index contributed by atoms with van der Waals surface area (Å²) >= 11 is 0. The van der Waals surface area contributed by atoms with Gasteiger partial charge in [0.15, 0.2) is 5.84 Å². The molecule has 1 amide bonds. The fourth-order valence-corrected chi connectivity index (χ4v) is 4.68. The largest absolute Gasteiger partial charge is 0.355 e. The maximum atomic E-state index is 12.5. The number of sulfonamides is 1. The van der Waals surface area contributed by atoms with Gasteiger partial charge in [-0.15, -0.1) is 4.40 Å². The summed E-state index contributed by atoms with van der Waals surface area (Å²) in [7, 11) is -3.58. The standard InChI is InChI=1S/C17H23N3O3S/c1-3-19(4-2)17(21)13-9-11-20(12-10-13)16-14-7-5-6-8-15(14)24(22,23)18-16/h5-8,13H,3-4,9-12H2,1-2H3. The van der Waals surface area contributed by atoms with Gasteiger partial charge in [-0.3, -0.25) is 4.79 Å². The molecule has 1 aromatic rings. The van der Waals surface area contributed by atoms with Crippen molar-refractivity contribution in [2.24, 2.45) is 10.3 Å². The number of carbonyl (C=O) groups is 1. The summed E-state index contributed by atoms with van der Waals surface area (Å²) in [6, 6.07) is 6.93. The first-order chi connectivity index (χ1) is 11.5. The molecule has 1 saturated heterocycles. The van der Waals surface area contributed by atoms with Crippen molar-refractivity contribution >= 4 is 21.8 Å². The van der Waals surface area contributed by atoms with E-state index in [-0.39, 0.29) is 16.7 Å². The number of amidine groups is 1. The van der Waals surface area contributed by atoms with E-state index in [9.17, 15) is 13.2 Å². The molecule has 1 aromatic carbocycles. The van der Waals surface area contributed by atoms with Crippen LogP contribution in [0.3, 0.4) is 0 Å². The van der Waals surface area contributed by atoms with Crippen molar-refractivity contribution in [3.05, 3.63) is 29.8 Å². The highest BCUT2D eigenvalue weighted by molar-refractivity contribution is 7.90. The number of hydrogen-bond acceptors (Lipinski definition) is 4. The van der Waals surface area contributed by atoms with Gasteiger partial charge in [0.25, 0.3) is 10.0 Å². The molecule has 0 atom stereocenters. The molecule has 7 heteroatoms. The molecule has 3 rings (SSSR count). The van der Waals surface area contributed by atoms with Crippen LogP contribution in [0.15, 0.2) is 33.6 Å². The molecule has 0 N–H and O–H groups in total. The second-order valence-electron chi connectivity index (χ2n) is 6.16. The average molecular weight is 349 g/mol. The number of hydrogen-bond donors (Lipinski definition) is 0. The third kappa shape index (κ3) is 2.92. The van der Waals surface area contributed by atoms with Crippen LogP contribution in [0.25, 0.3) is 0 Å². The summed E-state index contributed by atoms with van der Waals surface area (Å²) in [5.41, 5.74) is 0.672. The number of amides is 1. The summed E-state index contributed by atoms with van der Waals surface area (Å²) in [4.78, 5) is 16.6. The lowest BCUT2D eigenvalue weighted by molar-refractivity contribution is -0.136. The summed E-state index contributed by atoms with van der Waals surface area (Å²) in [5, 5.41) is 0. The van der Waals surface area contributed by atoms with Gasteiger partial charge in [-0.2, -0.15) is 8.42 Å². The van der Waals surface area contributed by atoms with E-state index in [0.717, 1.165) is 25.9 Å². The highest BCUT2D eigenvalue weighted by atomic mass is 32.2. The van der Waals surface area contributed by atoms with E-state index in [1.54, 1.807) is 18.2 Å². The number of rotatable bonds is 3. The molecule has 130 valence electrons. The smallest absolute Gasteiger partial charge is 0.285 e. The molecule has 2 aliphatic heterocycles. The SMILES string of the molecule is CCN(CC)C(=O)C1CCN(C2=NS(=O)(=O)c3ccccc32)CC1. The monoisotopic (exact) mass is 349 g/mol. The molecular formula is C17H23N3O3S. The van der Waals surface area contributed by atoms with E-state index in [0.29, 0.717) is 24.5 Å². The Balaban J connectivity index is 1.73. The van der Waals surface area contributed by atoms with Crippen molar-refractivity contribution in [2.75, 3.05) is 26.2 Å². The predicted molar refractivity (Wildman–Crippen MR) is 92.4 cm³/mol. The fourth-order valence-electron chi connectivity index (χ4n) is 3.45. The Morgan fingerprint density at radius 2 is 1.83 bits per heavy atom. The zero-order valence-corrected chi connectivity index (χ0v) is 14.9. The van der Waals surface area contributed by atoms with Crippen LogP contribution < -0.4 is 0 Å². The van der Waals surface area contributed by atoms with E-state index in [4.69, 9.17) is 0 Å². The van der Waals surface area contributed by atoms with Crippen molar-refractivity contribution in [3.63, 3.8) is 0 Å². The maximum Gasteiger partial charge on any atom is 0.285 e. The Bertz CT molecular complexity index is 761. The van der Waals surface area contributed by atoms with Gasteiger partial charge >= 0.3 is 0 Å². The number of benzene rings is 1. The maximum absolute atomic E-state index is 12.5. The first-order valence-corrected chi connectivity index (χ1v) is 9.90. The Labute approximate surface area is 143 Å². The minimum Gasteiger partial charge on any atom is -0.355 e. The zero-order valence-electron chi connectivity index (χ0n) is 14.1. The molecule has 0 aromatic heterocycles. The third-order valence-corrected chi connectivity index (χ3v) is 6.16. The topological polar surface area (TPSA) is 70.1 Å². The minimum atomic E-state index is -3.58. The van der Waals surface area contributed by atoms with E-state index in [1.165, 1.54) is 0 Å². The third-order valence-electron chi connectivity index (χ3n) is 4.83. The van der Waals surface area contributed by atoms with E-state index in [1.807, 2.05) is 29.7 Å². The number of likely N-dealkylation sites (tertiary alicyclic amines) is 1. The fraction of sp³-hybridized carbons (Fsp3) is 0.529. The van der Waals surface area contributed by atoms with Crippen molar-refractivity contribution < 1.29 is 13.2 Å². The number of piperidine rings is 1. The van der Waals surface area contributed by atoms with Crippen LogP contribution >= 0.6 is 0 Å². The van der Waals surface area contributed by atoms with Crippen LogP contribution in [0.4, 0.5) is 0 Å². The van der Waals surface area contributed by atoms with Gasteiger partial charge < -0.3 is 9.80 Å². The molecule has 0 aliphatic carbocycles. The van der Waals surface area contributed by atoms with Crippen LogP contribution in [0.1, 0.15) is 32.3 Å². The van der Waals surface area contributed by atoms with Crippen LogP contribution in [0, 0.1) is 5.92 Å². The lowest BCUT2D eigenvalue weighted by Crippen LogP contribution is -2.44. The van der Waals surface area contributed by atoms with E-state index in [2.05, 4.69) is 4.40 Å². The van der Waals surface area contributed by atoms with Crippen LogP contribution in [-0.4, -0.2) is 56.1 Å². The van der Waals surface area contributed by atoms with Gasteiger partial charge in [0, 0.05) is 37.7 Å². The molecule has 6 nitrogen and oxygen atoms in total. The summed E-state index contributed by atoms with van der Waals surface area (Å²) in [6.45, 7) is 6.75. The van der Waals surface area contributed by atoms with Crippen LogP contribution in [0.5, 0.6) is 0 Å². The number of fused-ring (bicyclic) bond motifs is 1. The van der Waals surface area contributed by atoms with Crippen molar-refractivity contribution in [3.8, 4) is 0 Å². The lowest BCUT2D eigenvalue weighted by Gasteiger charge is -2.34. The van der Waals surface area contributed by atoms with Gasteiger partial charge in [-0.1, -0.05) is 12.1 Å². The van der Waals surface area contributed by atoms with Crippen molar-refractivity contribution in [2.45, 2.75) is 31.6 Å². The van der Waals surface area contributed by atoms with Crippen molar-refractivity contribution in [1.82, 2.24) is 9.80 Å². The Kier molecular flexibility index (Phi) is 4.62. The summed E-state index contributed by atoms with van der Waals surface area (Å²) in [5.74, 6) is 0.760. The molecule has 0 bridgehead atoms. The molecule has 24 heavy (non-hydrogen) atoms. The molecule has 0 spiro atoms. The molecular weight excluding hydrogens is 326 g/mol. The average Bonchev–Trinajstić information content (AvgIpc) is 2.88. The Hall–Kier alpha value is -1.89. The molecule has 0 unspecified atom stereocenters. The highest BCUT2D eigenvalue weighted by Gasteiger charge is 2.34. The van der Waals surface area contributed by atoms with Crippen LogP contribution in [0.2, 0.25) is 0 Å².